The quantitative estimate of drug-likeness (QED) is 0.226. The van der Waals surface area contributed by atoms with E-state index in [4.69, 9.17) is 156 Å². The molecular weight excluding hydrogens is 697 g/mol. The largest absolute Gasteiger partial charge is 0.317 e. The average Bonchev–Trinajstić information content (AvgIpc) is 2.65. The van der Waals surface area contributed by atoms with E-state index in [0.717, 1.165) is 0 Å². The zero-order valence-electron chi connectivity index (χ0n) is 14.6. The Balaban J connectivity index is 3.39. The van der Waals surface area contributed by atoms with Crippen LogP contribution in [0.25, 0.3) is 0 Å². The molecule has 0 aliphatic carbocycles. The van der Waals surface area contributed by atoms with Crippen molar-refractivity contribution in [1.29, 1.82) is 0 Å². The van der Waals surface area contributed by atoms with Gasteiger partial charge in [-0.2, -0.15) is 0 Å². The Hall–Kier alpha value is 3.68. The van der Waals surface area contributed by atoms with Gasteiger partial charge in [0.05, 0.1) is 11.5 Å². The van der Waals surface area contributed by atoms with E-state index in [9.17, 15) is 8.42 Å². The number of unbranched alkanes of at least 4 members (excludes halogenated alkanes) is 1. The minimum Gasteiger partial charge on any atom is -0.317 e. The monoisotopic (exact) mass is 704 g/mol. The summed E-state index contributed by atoms with van der Waals surface area (Å²) >= 11 is 80.9. The molecule has 0 spiro atoms. The Kier molecular flexibility index (Phi) is 10.4. The molecule has 0 N–H and O–H groups in total. The van der Waals surface area contributed by atoms with Crippen LogP contribution in [0, 0.1) is 0 Å². The average molecular weight is 710 g/mol. The summed E-state index contributed by atoms with van der Waals surface area (Å²) in [6.45, 7) is 1.85. The molecule has 1 aliphatic rings. The van der Waals surface area contributed by atoms with Gasteiger partial charge in [0.15, 0.2) is 32.2 Å². The fourth-order valence-corrected chi connectivity index (χ4v) is 9.42. The summed E-state index contributed by atoms with van der Waals surface area (Å²) < 4.78 is 14.1. The normalized spacial score (nSPS) is 25.5. The van der Waals surface area contributed by atoms with Gasteiger partial charge in [0.2, 0.25) is 4.33 Å². The highest BCUT2D eigenvalue weighted by Gasteiger charge is 2.76. The van der Waals surface area contributed by atoms with Crippen molar-refractivity contribution in [3.63, 3.8) is 0 Å². The third kappa shape index (κ3) is 5.80. The standard InChI is InChI=1S/C13H13Cl13O3S/c1-2-3-4-7(14,15)10(19,20)11(21,22)12(23,24)13(25,26)29-9(18)6-30(27,28)5-8(9,16)17/h2-6H2,1H3/t9-/m1/s1. The van der Waals surface area contributed by atoms with Gasteiger partial charge in [-0.25, -0.2) is 8.42 Å². The lowest BCUT2D eigenvalue weighted by Gasteiger charge is -2.50. The van der Waals surface area contributed by atoms with E-state index in [0.29, 0.717) is 12.8 Å². The van der Waals surface area contributed by atoms with Gasteiger partial charge in [-0.3, -0.25) is 0 Å². The Morgan fingerprint density at radius 2 is 1.27 bits per heavy atom. The number of hydrogen-bond donors (Lipinski definition) is 0. The lowest BCUT2D eigenvalue weighted by atomic mass is 10.1. The SMILES string of the molecule is CCCCC(Cl)(Cl)C(Cl)(Cl)C(Cl)(Cl)C(Cl)(Cl)C(Cl)(Cl)O[C@]1(Cl)CS(=O)(=O)CC1(Cl)Cl. The highest BCUT2D eigenvalue weighted by Crippen LogP contribution is 2.67. The van der Waals surface area contributed by atoms with Crippen LogP contribution >= 0.6 is 151 Å². The van der Waals surface area contributed by atoms with Crippen molar-refractivity contribution < 1.29 is 13.2 Å². The topological polar surface area (TPSA) is 43.4 Å². The first-order valence-corrected chi connectivity index (χ1v) is 14.5. The molecule has 1 saturated heterocycles. The molecule has 30 heavy (non-hydrogen) atoms. The van der Waals surface area contributed by atoms with Gasteiger partial charge in [-0.1, -0.05) is 171 Å². The molecule has 0 aromatic rings. The lowest BCUT2D eigenvalue weighted by Crippen LogP contribution is -2.65. The van der Waals surface area contributed by atoms with E-state index in [1.807, 2.05) is 6.92 Å². The summed E-state index contributed by atoms with van der Waals surface area (Å²) in [5, 5.41) is -2.40. The molecule has 3 nitrogen and oxygen atoms in total. The molecule has 1 atom stereocenters. The smallest absolute Gasteiger partial charge is 0.256 e. The molecule has 0 aromatic carbocycles. The molecule has 1 aliphatic heterocycles. The van der Waals surface area contributed by atoms with Gasteiger partial charge >= 0.3 is 0 Å². The van der Waals surface area contributed by atoms with E-state index in [1.54, 1.807) is 0 Å². The molecule has 0 bridgehead atoms. The minimum atomic E-state index is -3.86. The highest BCUT2D eigenvalue weighted by molar-refractivity contribution is 7.92. The second-order valence-corrected chi connectivity index (χ2v) is 17.5. The highest BCUT2D eigenvalue weighted by atomic mass is 35.6. The summed E-state index contributed by atoms with van der Waals surface area (Å²) in [5.41, 5.74) is 0. The third-order valence-electron chi connectivity index (χ3n) is 4.10. The van der Waals surface area contributed by atoms with Gasteiger partial charge in [0, 0.05) is 0 Å². The van der Waals surface area contributed by atoms with Gasteiger partial charge < -0.3 is 4.74 Å². The van der Waals surface area contributed by atoms with Crippen molar-refractivity contribution in [2.75, 3.05) is 11.5 Å². The molecule has 0 saturated carbocycles. The Morgan fingerprint density at radius 1 is 0.800 bits per heavy atom. The molecular formula is C13H13Cl13O3S. The molecule has 1 fully saturated rings. The fraction of sp³-hybridized carbons (Fsp3) is 1.00. The molecule has 0 aromatic heterocycles. The van der Waals surface area contributed by atoms with Crippen LogP contribution in [0.2, 0.25) is 0 Å². The van der Waals surface area contributed by atoms with Crippen LogP contribution in [0.1, 0.15) is 26.2 Å². The summed E-state index contributed by atoms with van der Waals surface area (Å²) in [5.74, 6) is -1.67. The van der Waals surface area contributed by atoms with E-state index >= 15 is 0 Å². The van der Waals surface area contributed by atoms with Crippen molar-refractivity contribution in [2.24, 2.45) is 0 Å². The maximum Gasteiger partial charge on any atom is 0.256 e. The minimum absolute atomic E-state index is 0.0211. The number of sulfone groups is 1. The predicted molar refractivity (Wildman–Crippen MR) is 134 cm³/mol. The van der Waals surface area contributed by atoms with Crippen LogP contribution < -0.4 is 0 Å². The van der Waals surface area contributed by atoms with Crippen LogP contribution in [0.3, 0.4) is 0 Å². The Labute approximate surface area is 240 Å². The van der Waals surface area contributed by atoms with Crippen LogP contribution in [-0.2, 0) is 14.6 Å². The molecule has 1 rings (SSSR count). The van der Waals surface area contributed by atoms with Crippen molar-refractivity contribution in [2.45, 2.75) is 57.4 Å². The van der Waals surface area contributed by atoms with Crippen LogP contribution in [-0.4, -0.2) is 51.2 Å². The molecule has 0 unspecified atom stereocenters. The van der Waals surface area contributed by atoms with E-state index in [2.05, 4.69) is 0 Å². The van der Waals surface area contributed by atoms with Gasteiger partial charge in [-0.15, -0.1) is 0 Å². The van der Waals surface area contributed by atoms with Gasteiger partial charge in [-0.05, 0) is 6.42 Å². The maximum atomic E-state index is 12.0. The summed E-state index contributed by atoms with van der Waals surface area (Å²) in [4.78, 5) is 0. The summed E-state index contributed by atoms with van der Waals surface area (Å²) in [7, 11) is -3.86. The van der Waals surface area contributed by atoms with E-state index < -0.39 is 52.6 Å². The number of halogens is 13. The van der Waals surface area contributed by atoms with Crippen molar-refractivity contribution >= 4 is 161 Å². The molecule has 17 heteroatoms. The Morgan fingerprint density at radius 3 is 1.63 bits per heavy atom. The third-order valence-corrected chi connectivity index (χ3v) is 14.6. The van der Waals surface area contributed by atoms with Crippen LogP contribution in [0.5, 0.6) is 0 Å². The maximum absolute atomic E-state index is 12.0. The van der Waals surface area contributed by atoms with Crippen LogP contribution in [0.15, 0.2) is 0 Å². The number of alkyl halides is 13. The lowest BCUT2D eigenvalue weighted by molar-refractivity contribution is -0.0224. The Bertz CT molecular complexity index is 749. The summed E-state index contributed by atoms with van der Waals surface area (Å²) in [6.07, 6.45) is 1.17. The molecule has 1 heterocycles. The molecule has 0 radical (unpaired) electrons. The van der Waals surface area contributed by atoms with Crippen LogP contribution in [0.4, 0.5) is 0 Å². The van der Waals surface area contributed by atoms with Crippen molar-refractivity contribution in [3.05, 3.63) is 0 Å². The van der Waals surface area contributed by atoms with Gasteiger partial charge in [0.1, 0.15) is 0 Å². The summed E-state index contributed by atoms with van der Waals surface area (Å²) in [6, 6.07) is 0. The number of hydrogen-bond acceptors (Lipinski definition) is 3. The molecule has 180 valence electrons. The van der Waals surface area contributed by atoms with Crippen molar-refractivity contribution in [1.82, 2.24) is 0 Å². The van der Waals surface area contributed by atoms with E-state index in [-0.39, 0.29) is 6.42 Å². The number of ether oxygens (including phenoxy) is 1. The number of rotatable bonds is 9. The first-order valence-electron chi connectivity index (χ1n) is 7.79. The first-order chi connectivity index (χ1) is 12.9. The zero-order chi connectivity index (χ0) is 24.2. The zero-order valence-corrected chi connectivity index (χ0v) is 25.2. The molecule has 0 amide bonds. The van der Waals surface area contributed by atoms with E-state index in [1.165, 1.54) is 0 Å². The predicted octanol–water partition coefficient (Wildman–Crippen LogP) is 8.56. The first kappa shape index (κ1) is 31.7. The fourth-order valence-electron chi connectivity index (χ4n) is 2.36. The second-order valence-electron chi connectivity index (χ2n) is 6.62. The van der Waals surface area contributed by atoms with Crippen molar-refractivity contribution in [3.8, 4) is 0 Å². The second kappa shape index (κ2) is 9.86. The van der Waals surface area contributed by atoms with Gasteiger partial charge in [0.25, 0.3) is 4.52 Å².